The van der Waals surface area contributed by atoms with Crippen molar-refractivity contribution in [3.05, 3.63) is 57.5 Å². The molecule has 0 unspecified atom stereocenters. The summed E-state index contributed by atoms with van der Waals surface area (Å²) in [6, 6.07) is 9.68. The number of hydrogen-bond acceptors (Lipinski definition) is 3. The van der Waals surface area contributed by atoms with Gasteiger partial charge in [-0.25, -0.2) is 13.2 Å². The lowest BCUT2D eigenvalue weighted by Gasteiger charge is -2.06. The molecule has 0 fully saturated rings. The zero-order valence-corrected chi connectivity index (χ0v) is 13.0. The molecule has 104 valence electrons. The van der Waals surface area contributed by atoms with Crippen LogP contribution in [0.15, 0.2) is 56.7 Å². The second-order valence-corrected chi connectivity index (χ2v) is 7.18. The zero-order valence-electron chi connectivity index (χ0n) is 9.88. The van der Waals surface area contributed by atoms with Crippen molar-refractivity contribution in [2.24, 2.45) is 0 Å². The van der Waals surface area contributed by atoms with E-state index in [1.54, 1.807) is 12.1 Å². The van der Waals surface area contributed by atoms with Gasteiger partial charge in [-0.05, 0) is 42.5 Å². The Bertz CT molecular complexity index is 769. The second-order valence-electron chi connectivity index (χ2n) is 3.90. The fraction of sp³-hybridized carbons (Fsp3) is 0. The molecule has 2 aromatic carbocycles. The normalized spacial score (nSPS) is 11.3. The highest BCUT2D eigenvalue weighted by Gasteiger charge is 2.20. The number of hydrogen-bond donors (Lipinski definition) is 1. The van der Waals surface area contributed by atoms with E-state index in [9.17, 15) is 13.2 Å². The first-order valence-electron chi connectivity index (χ1n) is 5.36. The third-order valence-electron chi connectivity index (χ3n) is 2.61. The third kappa shape index (κ3) is 2.87. The SMILES string of the molecule is O=C(O)c1ccc(S(=O)(=O)c2ccc(Br)cc2)cc1Cl. The average Bonchev–Trinajstić information content (AvgIpc) is 2.38. The van der Waals surface area contributed by atoms with Crippen LogP contribution in [0.4, 0.5) is 0 Å². The minimum atomic E-state index is -3.72. The Balaban J connectivity index is 2.52. The molecule has 0 bridgehead atoms. The maximum Gasteiger partial charge on any atom is 0.337 e. The van der Waals surface area contributed by atoms with E-state index in [1.165, 1.54) is 24.3 Å². The number of aromatic carboxylic acids is 1. The van der Waals surface area contributed by atoms with Gasteiger partial charge in [0, 0.05) is 4.47 Å². The molecule has 0 spiro atoms. The van der Waals surface area contributed by atoms with Crippen LogP contribution in [-0.4, -0.2) is 19.5 Å². The predicted octanol–water partition coefficient (Wildman–Crippen LogP) is 3.63. The molecule has 0 radical (unpaired) electrons. The highest BCUT2D eigenvalue weighted by Crippen LogP contribution is 2.26. The lowest BCUT2D eigenvalue weighted by Crippen LogP contribution is -2.04. The van der Waals surface area contributed by atoms with Gasteiger partial charge in [0.15, 0.2) is 0 Å². The molecule has 7 heteroatoms. The molecule has 2 aromatic rings. The Morgan fingerprint density at radius 2 is 1.60 bits per heavy atom. The minimum absolute atomic E-state index is 0.0465. The quantitative estimate of drug-likeness (QED) is 0.889. The van der Waals surface area contributed by atoms with Gasteiger partial charge in [-0.15, -0.1) is 0 Å². The Morgan fingerprint density at radius 1 is 1.05 bits per heavy atom. The summed E-state index contributed by atoms with van der Waals surface area (Å²) in [5, 5.41) is 8.75. The van der Waals surface area contributed by atoms with Crippen LogP contribution >= 0.6 is 27.5 Å². The highest BCUT2D eigenvalue weighted by molar-refractivity contribution is 9.10. The number of halogens is 2. The summed E-state index contributed by atoms with van der Waals surface area (Å²) >= 11 is 9.01. The van der Waals surface area contributed by atoms with E-state index in [0.29, 0.717) is 0 Å². The fourth-order valence-corrected chi connectivity index (χ4v) is 3.46. The fourth-order valence-electron chi connectivity index (χ4n) is 1.59. The number of carboxylic acids is 1. The Morgan fingerprint density at radius 3 is 2.10 bits per heavy atom. The molecule has 2 rings (SSSR count). The summed E-state index contributed by atoms with van der Waals surface area (Å²) in [5.74, 6) is -1.21. The van der Waals surface area contributed by atoms with Crippen molar-refractivity contribution in [2.45, 2.75) is 9.79 Å². The van der Waals surface area contributed by atoms with Gasteiger partial charge in [-0.2, -0.15) is 0 Å². The summed E-state index contributed by atoms with van der Waals surface area (Å²) in [4.78, 5) is 10.9. The third-order valence-corrected chi connectivity index (χ3v) is 5.21. The number of benzene rings is 2. The molecule has 20 heavy (non-hydrogen) atoms. The van der Waals surface area contributed by atoms with Crippen LogP contribution in [0.25, 0.3) is 0 Å². The van der Waals surface area contributed by atoms with Gasteiger partial charge in [0.1, 0.15) is 0 Å². The molecule has 0 amide bonds. The topological polar surface area (TPSA) is 71.4 Å². The van der Waals surface area contributed by atoms with Gasteiger partial charge in [0.25, 0.3) is 0 Å². The number of carboxylic acid groups (broad SMARTS) is 1. The molecule has 0 saturated heterocycles. The molecule has 0 aliphatic carbocycles. The number of rotatable bonds is 3. The Labute approximate surface area is 129 Å². The number of sulfone groups is 1. The van der Waals surface area contributed by atoms with Gasteiger partial charge in [0.05, 0.1) is 20.4 Å². The summed E-state index contributed by atoms with van der Waals surface area (Å²) in [6.45, 7) is 0. The van der Waals surface area contributed by atoms with Crippen molar-refractivity contribution >= 4 is 43.3 Å². The summed E-state index contributed by atoms with van der Waals surface area (Å²) in [7, 11) is -3.72. The van der Waals surface area contributed by atoms with Gasteiger partial charge >= 0.3 is 5.97 Å². The lowest BCUT2D eigenvalue weighted by atomic mass is 10.2. The molecule has 0 aromatic heterocycles. The summed E-state index contributed by atoms with van der Waals surface area (Å²) in [5.41, 5.74) is -0.138. The lowest BCUT2D eigenvalue weighted by molar-refractivity contribution is 0.0697. The van der Waals surface area contributed by atoms with E-state index in [0.717, 1.165) is 10.5 Å². The van der Waals surface area contributed by atoms with Crippen LogP contribution in [0.2, 0.25) is 5.02 Å². The minimum Gasteiger partial charge on any atom is -0.478 e. The highest BCUT2D eigenvalue weighted by atomic mass is 79.9. The van der Waals surface area contributed by atoms with Crippen molar-refractivity contribution < 1.29 is 18.3 Å². The van der Waals surface area contributed by atoms with Gasteiger partial charge in [-0.3, -0.25) is 0 Å². The average molecular weight is 376 g/mol. The first-order valence-corrected chi connectivity index (χ1v) is 8.01. The van der Waals surface area contributed by atoms with Gasteiger partial charge < -0.3 is 5.11 Å². The van der Waals surface area contributed by atoms with Crippen LogP contribution in [0.3, 0.4) is 0 Å². The standard InChI is InChI=1S/C13H8BrClO4S/c14-8-1-3-9(4-2-8)20(18,19)10-5-6-11(13(16)17)12(15)7-10/h1-7H,(H,16,17). The summed E-state index contributed by atoms with van der Waals surface area (Å²) in [6.07, 6.45) is 0. The molecule has 0 atom stereocenters. The molecule has 0 heterocycles. The van der Waals surface area contributed by atoms with Crippen molar-refractivity contribution in [1.82, 2.24) is 0 Å². The second kappa shape index (κ2) is 5.55. The molecule has 0 saturated carbocycles. The Kier molecular flexibility index (Phi) is 4.17. The van der Waals surface area contributed by atoms with Gasteiger partial charge in [-0.1, -0.05) is 27.5 Å². The zero-order chi connectivity index (χ0) is 14.9. The van der Waals surface area contributed by atoms with E-state index in [-0.39, 0.29) is 20.4 Å². The molecule has 0 aliphatic heterocycles. The molecule has 4 nitrogen and oxygen atoms in total. The molecule has 1 N–H and O–H groups in total. The summed E-state index contributed by atoms with van der Waals surface area (Å²) < 4.78 is 25.5. The predicted molar refractivity (Wildman–Crippen MR) is 78.0 cm³/mol. The first kappa shape index (κ1) is 15.0. The van der Waals surface area contributed by atoms with E-state index in [2.05, 4.69) is 15.9 Å². The van der Waals surface area contributed by atoms with Crippen molar-refractivity contribution in [1.29, 1.82) is 0 Å². The largest absolute Gasteiger partial charge is 0.478 e. The van der Waals surface area contributed by atoms with Crippen LogP contribution in [0.1, 0.15) is 10.4 Å². The first-order chi connectivity index (χ1) is 9.32. The Hall–Kier alpha value is -1.37. The van der Waals surface area contributed by atoms with Crippen molar-refractivity contribution in [3.63, 3.8) is 0 Å². The molecular formula is C13H8BrClO4S. The maximum absolute atomic E-state index is 12.4. The number of carbonyl (C=O) groups is 1. The van der Waals surface area contributed by atoms with Gasteiger partial charge in [0.2, 0.25) is 9.84 Å². The van der Waals surface area contributed by atoms with E-state index < -0.39 is 15.8 Å². The monoisotopic (exact) mass is 374 g/mol. The van der Waals surface area contributed by atoms with Crippen LogP contribution in [-0.2, 0) is 9.84 Å². The molecule has 0 aliphatic rings. The van der Waals surface area contributed by atoms with E-state index in [1.807, 2.05) is 0 Å². The maximum atomic E-state index is 12.4. The van der Waals surface area contributed by atoms with Crippen LogP contribution in [0.5, 0.6) is 0 Å². The van der Waals surface area contributed by atoms with Crippen molar-refractivity contribution in [3.8, 4) is 0 Å². The smallest absolute Gasteiger partial charge is 0.337 e. The van der Waals surface area contributed by atoms with Crippen molar-refractivity contribution in [2.75, 3.05) is 0 Å². The molecular weight excluding hydrogens is 368 g/mol. The van der Waals surface area contributed by atoms with E-state index >= 15 is 0 Å². The van der Waals surface area contributed by atoms with E-state index in [4.69, 9.17) is 16.7 Å². The van der Waals surface area contributed by atoms with Crippen LogP contribution in [0, 0.1) is 0 Å². The van der Waals surface area contributed by atoms with Crippen LogP contribution < -0.4 is 0 Å².